The lowest BCUT2D eigenvalue weighted by Crippen LogP contribution is -2.19. The first-order chi connectivity index (χ1) is 9.04. The third kappa shape index (κ3) is 3.30. The predicted molar refractivity (Wildman–Crippen MR) is 79.7 cm³/mol. The number of ether oxygens (including phenoxy) is 2. The lowest BCUT2D eigenvalue weighted by Gasteiger charge is -2.22. The number of hydrogen-bond acceptors (Lipinski definition) is 2. The minimum atomic E-state index is -0.293. The molecule has 0 N–H and O–H groups in total. The Kier molecular flexibility index (Phi) is 5.24. The Morgan fingerprint density at radius 2 is 2.11 bits per heavy atom. The van der Waals surface area contributed by atoms with Crippen LogP contribution in [0.5, 0.6) is 5.75 Å². The highest BCUT2D eigenvalue weighted by Crippen LogP contribution is 2.41. The highest BCUT2D eigenvalue weighted by atomic mass is 35.5. The summed E-state index contributed by atoms with van der Waals surface area (Å²) < 4.78 is 11.1. The Bertz CT molecular complexity index is 451. The molecular weight excluding hydrogens is 307 g/mol. The molecule has 0 radical (unpaired) electrons. The average Bonchev–Trinajstić information content (AvgIpc) is 2.79. The summed E-state index contributed by atoms with van der Waals surface area (Å²) in [7, 11) is 0. The van der Waals surface area contributed by atoms with Crippen molar-refractivity contribution in [3.63, 3.8) is 0 Å². The van der Waals surface area contributed by atoms with Gasteiger partial charge in [0.2, 0.25) is 0 Å². The van der Waals surface area contributed by atoms with Crippen molar-refractivity contribution in [3.05, 3.63) is 27.7 Å². The predicted octanol–water partition coefficient (Wildman–Crippen LogP) is 5.10. The molecule has 1 aromatic carbocycles. The molecule has 3 atom stereocenters. The fraction of sp³-hybridized carbons (Fsp3) is 0.571. The molecule has 2 rings (SSSR count). The molecule has 19 heavy (non-hydrogen) atoms. The van der Waals surface area contributed by atoms with E-state index in [2.05, 4.69) is 6.92 Å². The molecule has 1 aromatic rings. The maximum Gasteiger partial charge on any atom is 0.139 e. The molecule has 2 nitrogen and oxygen atoms in total. The smallest absolute Gasteiger partial charge is 0.139 e. The van der Waals surface area contributed by atoms with Crippen LogP contribution in [-0.4, -0.2) is 19.3 Å². The van der Waals surface area contributed by atoms with E-state index >= 15 is 0 Å². The van der Waals surface area contributed by atoms with E-state index in [4.69, 9.17) is 44.3 Å². The molecule has 0 spiro atoms. The molecule has 1 heterocycles. The van der Waals surface area contributed by atoms with Gasteiger partial charge in [-0.05, 0) is 30.9 Å². The van der Waals surface area contributed by atoms with Crippen LogP contribution >= 0.6 is 34.8 Å². The minimum Gasteiger partial charge on any atom is -0.492 e. The quantitative estimate of drug-likeness (QED) is 0.718. The minimum absolute atomic E-state index is 0.0202. The first-order valence-corrected chi connectivity index (χ1v) is 7.61. The lowest BCUT2D eigenvalue weighted by molar-refractivity contribution is 0.0903. The van der Waals surface area contributed by atoms with Crippen LogP contribution in [0.3, 0.4) is 0 Å². The van der Waals surface area contributed by atoms with Crippen LogP contribution in [0, 0.1) is 5.92 Å². The van der Waals surface area contributed by atoms with Gasteiger partial charge in [-0.2, -0.15) is 0 Å². The van der Waals surface area contributed by atoms with Gasteiger partial charge >= 0.3 is 0 Å². The van der Waals surface area contributed by atoms with Gasteiger partial charge in [0.15, 0.2) is 0 Å². The van der Waals surface area contributed by atoms with Crippen molar-refractivity contribution in [1.29, 1.82) is 0 Å². The molecule has 0 saturated carbocycles. The molecule has 1 fully saturated rings. The van der Waals surface area contributed by atoms with E-state index in [-0.39, 0.29) is 11.5 Å². The largest absolute Gasteiger partial charge is 0.492 e. The summed E-state index contributed by atoms with van der Waals surface area (Å²) >= 11 is 19.0. The topological polar surface area (TPSA) is 18.5 Å². The summed E-state index contributed by atoms with van der Waals surface area (Å²) in [5, 5.41) is 0.797. The van der Waals surface area contributed by atoms with Crippen molar-refractivity contribution in [1.82, 2.24) is 0 Å². The van der Waals surface area contributed by atoms with E-state index in [1.807, 2.05) is 6.92 Å². The van der Waals surface area contributed by atoms with Gasteiger partial charge in [0.05, 0.1) is 23.1 Å². The third-order valence-corrected chi connectivity index (χ3v) is 4.49. The van der Waals surface area contributed by atoms with E-state index in [0.717, 1.165) is 18.6 Å². The SMILES string of the molecule is CCOc1cc(Cl)c(C(Cl)C2OCCC2C)cc1Cl. The summed E-state index contributed by atoms with van der Waals surface area (Å²) in [5.41, 5.74) is 0.801. The van der Waals surface area contributed by atoms with Crippen LogP contribution < -0.4 is 4.74 Å². The van der Waals surface area contributed by atoms with Crippen LogP contribution in [0.1, 0.15) is 31.2 Å². The van der Waals surface area contributed by atoms with Gasteiger partial charge in [0.1, 0.15) is 5.75 Å². The second-order valence-corrected chi connectivity index (χ2v) is 6.02. The van der Waals surface area contributed by atoms with E-state index in [9.17, 15) is 0 Å². The second kappa shape index (κ2) is 6.53. The average molecular weight is 324 g/mol. The van der Waals surface area contributed by atoms with E-state index < -0.39 is 0 Å². The van der Waals surface area contributed by atoms with Crippen molar-refractivity contribution in [2.75, 3.05) is 13.2 Å². The van der Waals surface area contributed by atoms with Crippen molar-refractivity contribution >= 4 is 34.8 Å². The second-order valence-electron chi connectivity index (χ2n) is 4.74. The van der Waals surface area contributed by atoms with E-state index in [1.54, 1.807) is 12.1 Å². The van der Waals surface area contributed by atoms with E-state index in [0.29, 0.717) is 28.3 Å². The van der Waals surface area contributed by atoms with Gasteiger partial charge in [-0.15, -0.1) is 11.6 Å². The van der Waals surface area contributed by atoms with Crippen LogP contribution in [0.4, 0.5) is 0 Å². The first-order valence-electron chi connectivity index (χ1n) is 6.42. The molecule has 1 aliphatic rings. The Labute approximate surface area is 128 Å². The zero-order valence-corrected chi connectivity index (χ0v) is 13.2. The summed E-state index contributed by atoms with van der Waals surface area (Å²) in [6.45, 7) is 5.33. The lowest BCUT2D eigenvalue weighted by atomic mass is 9.97. The molecule has 3 unspecified atom stereocenters. The summed E-state index contributed by atoms with van der Waals surface area (Å²) in [6, 6.07) is 3.50. The van der Waals surface area contributed by atoms with Crippen molar-refractivity contribution in [3.8, 4) is 5.75 Å². The Balaban J connectivity index is 2.26. The monoisotopic (exact) mass is 322 g/mol. The van der Waals surface area contributed by atoms with Crippen molar-refractivity contribution < 1.29 is 9.47 Å². The fourth-order valence-electron chi connectivity index (χ4n) is 2.29. The molecule has 106 valence electrons. The van der Waals surface area contributed by atoms with Gasteiger partial charge in [-0.1, -0.05) is 30.1 Å². The zero-order chi connectivity index (χ0) is 14.0. The van der Waals surface area contributed by atoms with Gasteiger partial charge < -0.3 is 9.47 Å². The third-order valence-electron chi connectivity index (χ3n) is 3.38. The molecule has 0 amide bonds. The van der Waals surface area contributed by atoms with E-state index in [1.165, 1.54) is 0 Å². The Hall–Kier alpha value is -0.150. The normalized spacial score (nSPS) is 24.5. The van der Waals surface area contributed by atoms with Crippen LogP contribution in [0.15, 0.2) is 12.1 Å². The molecule has 5 heteroatoms. The Morgan fingerprint density at radius 3 is 2.68 bits per heavy atom. The van der Waals surface area contributed by atoms with Crippen LogP contribution in [0.25, 0.3) is 0 Å². The first kappa shape index (κ1) is 15.2. The maximum absolute atomic E-state index is 6.51. The van der Waals surface area contributed by atoms with Gasteiger partial charge in [-0.3, -0.25) is 0 Å². The highest BCUT2D eigenvalue weighted by molar-refractivity contribution is 6.35. The van der Waals surface area contributed by atoms with Crippen LogP contribution in [-0.2, 0) is 4.74 Å². The molecule has 0 bridgehead atoms. The van der Waals surface area contributed by atoms with Crippen molar-refractivity contribution in [2.24, 2.45) is 5.92 Å². The molecule has 0 aromatic heterocycles. The number of hydrogen-bond donors (Lipinski definition) is 0. The molecule has 1 saturated heterocycles. The number of rotatable bonds is 4. The fourth-order valence-corrected chi connectivity index (χ4v) is 3.35. The zero-order valence-electron chi connectivity index (χ0n) is 11.0. The van der Waals surface area contributed by atoms with Gasteiger partial charge in [0.25, 0.3) is 0 Å². The number of halogens is 3. The van der Waals surface area contributed by atoms with Gasteiger partial charge in [-0.25, -0.2) is 0 Å². The Morgan fingerprint density at radius 1 is 1.37 bits per heavy atom. The summed E-state index contributed by atoms with van der Waals surface area (Å²) in [5.74, 6) is 1.01. The highest BCUT2D eigenvalue weighted by Gasteiger charge is 2.33. The molecule has 1 aliphatic heterocycles. The van der Waals surface area contributed by atoms with Gasteiger partial charge in [0, 0.05) is 17.7 Å². The molecular formula is C14H17Cl3O2. The van der Waals surface area contributed by atoms with Crippen molar-refractivity contribution in [2.45, 2.75) is 31.7 Å². The van der Waals surface area contributed by atoms with Crippen LogP contribution in [0.2, 0.25) is 10.0 Å². The number of alkyl halides is 1. The summed E-state index contributed by atoms with van der Waals surface area (Å²) in [6.07, 6.45) is 1.00. The maximum atomic E-state index is 6.51. The molecule has 0 aliphatic carbocycles. The summed E-state index contributed by atoms with van der Waals surface area (Å²) in [4.78, 5) is 0. The standard InChI is InChI=1S/C14H17Cl3O2/c1-3-18-12-7-10(15)9(6-11(12)16)13(17)14-8(2)4-5-19-14/h6-8,13-14H,3-5H2,1-2H3. The number of benzene rings is 1.